The Bertz CT molecular complexity index is 108. The third-order valence-electron chi connectivity index (χ3n) is 2.56. The van der Waals surface area contributed by atoms with Crippen molar-refractivity contribution < 1.29 is 4.74 Å². The second-order valence-corrected chi connectivity index (χ2v) is 3.71. The summed E-state index contributed by atoms with van der Waals surface area (Å²) >= 11 is 0. The van der Waals surface area contributed by atoms with Gasteiger partial charge in [-0.05, 0) is 32.1 Å². The first-order valence-electron chi connectivity index (χ1n) is 4.57. The zero-order chi connectivity index (χ0) is 8.27. The average molecular weight is 157 g/mol. The predicted octanol–water partition coefficient (Wildman–Crippen LogP) is 1.54. The van der Waals surface area contributed by atoms with Gasteiger partial charge in [0.2, 0.25) is 0 Å². The van der Waals surface area contributed by atoms with Gasteiger partial charge in [-0.3, -0.25) is 0 Å². The van der Waals surface area contributed by atoms with E-state index in [1.807, 2.05) is 0 Å². The first-order chi connectivity index (χ1) is 5.20. The van der Waals surface area contributed by atoms with Crippen LogP contribution in [0.1, 0.15) is 33.1 Å². The minimum absolute atomic E-state index is 0.305. The second-order valence-electron chi connectivity index (χ2n) is 3.71. The van der Waals surface area contributed by atoms with Crippen LogP contribution in [0, 0.1) is 5.92 Å². The van der Waals surface area contributed by atoms with Gasteiger partial charge in [-0.2, -0.15) is 0 Å². The van der Waals surface area contributed by atoms with Crippen molar-refractivity contribution in [3.63, 3.8) is 0 Å². The van der Waals surface area contributed by atoms with Crippen molar-refractivity contribution in [3.8, 4) is 0 Å². The summed E-state index contributed by atoms with van der Waals surface area (Å²) in [6.07, 6.45) is 4.10. The lowest BCUT2D eigenvalue weighted by Crippen LogP contribution is -2.27. The summed E-state index contributed by atoms with van der Waals surface area (Å²) in [6, 6.07) is 0.305. The van der Waals surface area contributed by atoms with E-state index in [9.17, 15) is 0 Å². The van der Waals surface area contributed by atoms with E-state index in [0.29, 0.717) is 18.1 Å². The summed E-state index contributed by atoms with van der Waals surface area (Å²) in [5.41, 5.74) is 5.76. The molecule has 1 saturated heterocycles. The maximum atomic E-state index is 5.76. The zero-order valence-electron chi connectivity index (χ0n) is 7.55. The van der Waals surface area contributed by atoms with Gasteiger partial charge in [0.05, 0.1) is 6.10 Å². The molecule has 0 spiro atoms. The van der Waals surface area contributed by atoms with Gasteiger partial charge in [-0.1, -0.05) is 6.92 Å². The van der Waals surface area contributed by atoms with Gasteiger partial charge in [-0.25, -0.2) is 0 Å². The summed E-state index contributed by atoms with van der Waals surface area (Å²) in [5, 5.41) is 0. The Kier molecular flexibility index (Phi) is 3.34. The van der Waals surface area contributed by atoms with Crippen molar-refractivity contribution >= 4 is 0 Å². The Morgan fingerprint density at radius 1 is 1.55 bits per heavy atom. The summed E-state index contributed by atoms with van der Waals surface area (Å²) in [7, 11) is 0. The SMILES string of the molecule is CC(N)C(C)CC1CCCO1. The second kappa shape index (κ2) is 4.07. The Morgan fingerprint density at radius 3 is 2.73 bits per heavy atom. The molecule has 0 aromatic rings. The molecule has 1 aliphatic rings. The number of rotatable bonds is 3. The van der Waals surface area contributed by atoms with Crippen LogP contribution in [0.5, 0.6) is 0 Å². The molecule has 0 amide bonds. The van der Waals surface area contributed by atoms with E-state index in [1.54, 1.807) is 0 Å². The summed E-state index contributed by atoms with van der Waals surface area (Å²) in [6.45, 7) is 5.22. The van der Waals surface area contributed by atoms with Crippen LogP contribution in [0.2, 0.25) is 0 Å². The van der Waals surface area contributed by atoms with E-state index < -0.39 is 0 Å². The van der Waals surface area contributed by atoms with Gasteiger partial charge in [0, 0.05) is 12.6 Å². The standard InChI is InChI=1S/C9H19NO/c1-7(8(2)10)6-9-4-3-5-11-9/h7-9H,3-6,10H2,1-2H3. The molecular weight excluding hydrogens is 138 g/mol. The van der Waals surface area contributed by atoms with Crippen LogP contribution < -0.4 is 5.73 Å². The Hall–Kier alpha value is -0.0800. The van der Waals surface area contributed by atoms with Gasteiger partial charge in [0.25, 0.3) is 0 Å². The molecule has 1 rings (SSSR count). The molecule has 0 aromatic heterocycles. The number of ether oxygens (including phenoxy) is 1. The average Bonchev–Trinajstić information content (AvgIpc) is 2.39. The van der Waals surface area contributed by atoms with Crippen molar-refractivity contribution in [1.29, 1.82) is 0 Å². The van der Waals surface area contributed by atoms with Gasteiger partial charge in [0.1, 0.15) is 0 Å². The molecule has 2 N–H and O–H groups in total. The summed E-state index contributed by atoms with van der Waals surface area (Å²) in [5.74, 6) is 0.595. The Balaban J connectivity index is 2.18. The highest BCUT2D eigenvalue weighted by molar-refractivity contribution is 4.72. The maximum Gasteiger partial charge on any atom is 0.0579 e. The van der Waals surface area contributed by atoms with Crippen LogP contribution in [0.15, 0.2) is 0 Å². The number of nitrogens with two attached hydrogens (primary N) is 1. The van der Waals surface area contributed by atoms with Crippen molar-refractivity contribution in [1.82, 2.24) is 0 Å². The molecular formula is C9H19NO. The van der Waals surface area contributed by atoms with E-state index in [4.69, 9.17) is 10.5 Å². The van der Waals surface area contributed by atoms with Crippen LogP contribution >= 0.6 is 0 Å². The molecule has 2 heteroatoms. The van der Waals surface area contributed by atoms with Crippen LogP contribution in [-0.2, 0) is 4.74 Å². The van der Waals surface area contributed by atoms with E-state index in [0.717, 1.165) is 13.0 Å². The normalized spacial score (nSPS) is 30.3. The maximum absolute atomic E-state index is 5.76. The summed E-state index contributed by atoms with van der Waals surface area (Å²) < 4.78 is 5.52. The van der Waals surface area contributed by atoms with Crippen LogP contribution in [0.3, 0.4) is 0 Å². The van der Waals surface area contributed by atoms with Gasteiger partial charge in [0.15, 0.2) is 0 Å². The molecule has 1 fully saturated rings. The minimum atomic E-state index is 0.305. The lowest BCUT2D eigenvalue weighted by atomic mass is 9.96. The Labute approximate surface area is 69.1 Å². The highest BCUT2D eigenvalue weighted by Gasteiger charge is 2.19. The fourth-order valence-corrected chi connectivity index (χ4v) is 1.46. The largest absolute Gasteiger partial charge is 0.378 e. The van der Waals surface area contributed by atoms with Crippen molar-refractivity contribution in [2.45, 2.75) is 45.3 Å². The van der Waals surface area contributed by atoms with Crippen LogP contribution in [-0.4, -0.2) is 18.8 Å². The molecule has 1 heterocycles. The van der Waals surface area contributed by atoms with E-state index >= 15 is 0 Å². The first kappa shape index (κ1) is 9.01. The van der Waals surface area contributed by atoms with Gasteiger partial charge in [-0.15, -0.1) is 0 Å². The highest BCUT2D eigenvalue weighted by Crippen LogP contribution is 2.20. The van der Waals surface area contributed by atoms with Gasteiger partial charge < -0.3 is 10.5 Å². The molecule has 3 unspecified atom stereocenters. The highest BCUT2D eigenvalue weighted by atomic mass is 16.5. The zero-order valence-corrected chi connectivity index (χ0v) is 7.55. The molecule has 2 nitrogen and oxygen atoms in total. The topological polar surface area (TPSA) is 35.2 Å². The van der Waals surface area contributed by atoms with Crippen molar-refractivity contribution in [2.24, 2.45) is 11.7 Å². The molecule has 1 aliphatic heterocycles. The van der Waals surface area contributed by atoms with Crippen molar-refractivity contribution in [2.75, 3.05) is 6.61 Å². The van der Waals surface area contributed by atoms with E-state index in [2.05, 4.69) is 13.8 Å². The quantitative estimate of drug-likeness (QED) is 0.674. The van der Waals surface area contributed by atoms with E-state index in [1.165, 1.54) is 12.8 Å². The molecule has 11 heavy (non-hydrogen) atoms. The fraction of sp³-hybridized carbons (Fsp3) is 1.00. The molecule has 3 atom stereocenters. The lowest BCUT2D eigenvalue weighted by Gasteiger charge is -2.18. The lowest BCUT2D eigenvalue weighted by molar-refractivity contribution is 0.0890. The predicted molar refractivity (Wildman–Crippen MR) is 46.4 cm³/mol. The first-order valence-corrected chi connectivity index (χ1v) is 4.57. The summed E-state index contributed by atoms with van der Waals surface area (Å²) in [4.78, 5) is 0. The monoisotopic (exact) mass is 157 g/mol. The van der Waals surface area contributed by atoms with Crippen LogP contribution in [0.25, 0.3) is 0 Å². The number of hydrogen-bond donors (Lipinski definition) is 1. The minimum Gasteiger partial charge on any atom is -0.378 e. The Morgan fingerprint density at radius 2 is 2.27 bits per heavy atom. The van der Waals surface area contributed by atoms with Crippen LogP contribution in [0.4, 0.5) is 0 Å². The molecule has 0 bridgehead atoms. The fourth-order valence-electron chi connectivity index (χ4n) is 1.46. The van der Waals surface area contributed by atoms with E-state index in [-0.39, 0.29) is 0 Å². The van der Waals surface area contributed by atoms with Crippen molar-refractivity contribution in [3.05, 3.63) is 0 Å². The molecule has 0 aliphatic carbocycles. The third-order valence-corrected chi connectivity index (χ3v) is 2.56. The molecule has 0 radical (unpaired) electrons. The smallest absolute Gasteiger partial charge is 0.0579 e. The molecule has 66 valence electrons. The molecule has 0 aromatic carbocycles. The molecule has 0 saturated carbocycles. The third kappa shape index (κ3) is 2.80. The van der Waals surface area contributed by atoms with Gasteiger partial charge >= 0.3 is 0 Å². The number of hydrogen-bond acceptors (Lipinski definition) is 2.